The number of anilines is 1. The molecule has 0 spiro atoms. The Morgan fingerprint density at radius 3 is 2.78 bits per heavy atom. The van der Waals surface area contributed by atoms with Gasteiger partial charge in [-0.25, -0.2) is 0 Å². The van der Waals surface area contributed by atoms with Crippen LogP contribution in [0.15, 0.2) is 24.3 Å². The van der Waals surface area contributed by atoms with Gasteiger partial charge < -0.3 is 10.2 Å². The van der Waals surface area contributed by atoms with Gasteiger partial charge in [-0.15, -0.1) is 0 Å². The van der Waals surface area contributed by atoms with Gasteiger partial charge in [0.15, 0.2) is 0 Å². The van der Waals surface area contributed by atoms with E-state index in [1.165, 1.54) is 0 Å². The average Bonchev–Trinajstić information content (AvgIpc) is 2.45. The number of benzene rings is 1. The van der Waals surface area contributed by atoms with Crippen LogP contribution in [0.2, 0.25) is 0 Å². The molecule has 4 heteroatoms. The number of hydrogen-bond donors (Lipinski definition) is 1. The predicted molar refractivity (Wildman–Crippen MR) is 70.2 cm³/mol. The fourth-order valence-electron chi connectivity index (χ4n) is 2.44. The number of hydrogen-bond acceptors (Lipinski definition) is 3. The summed E-state index contributed by atoms with van der Waals surface area (Å²) in [7, 11) is 0. The molecule has 0 aromatic heterocycles. The standard InChI is InChI=1S/C14H17N3O/c15-9-13-3-1-2-4-14(13)17-7-5-12(6-8-17)10-16-11-18/h1-4,11-12H,5-8,10H2,(H,16,18). The molecular weight excluding hydrogens is 226 g/mol. The van der Waals surface area contributed by atoms with Crippen LogP contribution in [-0.2, 0) is 4.79 Å². The molecule has 0 radical (unpaired) electrons. The lowest BCUT2D eigenvalue weighted by Gasteiger charge is -2.33. The van der Waals surface area contributed by atoms with Crippen LogP contribution in [0, 0.1) is 17.2 Å². The van der Waals surface area contributed by atoms with Crippen molar-refractivity contribution in [3.05, 3.63) is 29.8 Å². The number of carbonyl (C=O) groups is 1. The number of nitrogens with zero attached hydrogens (tertiary/aromatic N) is 2. The third-order valence-corrected chi connectivity index (χ3v) is 3.47. The van der Waals surface area contributed by atoms with Crippen LogP contribution in [0.5, 0.6) is 0 Å². The molecule has 18 heavy (non-hydrogen) atoms. The zero-order valence-corrected chi connectivity index (χ0v) is 10.3. The molecule has 1 aliphatic heterocycles. The van der Waals surface area contributed by atoms with Gasteiger partial charge in [0.25, 0.3) is 0 Å². The lowest BCUT2D eigenvalue weighted by molar-refractivity contribution is -0.109. The van der Waals surface area contributed by atoms with Crippen LogP contribution in [-0.4, -0.2) is 26.0 Å². The van der Waals surface area contributed by atoms with Crippen LogP contribution >= 0.6 is 0 Å². The van der Waals surface area contributed by atoms with E-state index in [-0.39, 0.29) is 0 Å². The highest BCUT2D eigenvalue weighted by Gasteiger charge is 2.20. The fourth-order valence-corrected chi connectivity index (χ4v) is 2.44. The number of amides is 1. The van der Waals surface area contributed by atoms with Crippen molar-refractivity contribution < 1.29 is 4.79 Å². The molecule has 1 aromatic rings. The van der Waals surface area contributed by atoms with Gasteiger partial charge in [-0.3, -0.25) is 4.79 Å². The van der Waals surface area contributed by atoms with Gasteiger partial charge in [0, 0.05) is 19.6 Å². The monoisotopic (exact) mass is 243 g/mol. The molecule has 1 fully saturated rings. The molecule has 1 aliphatic rings. The number of para-hydroxylation sites is 1. The van der Waals surface area contributed by atoms with Crippen LogP contribution < -0.4 is 10.2 Å². The molecule has 1 saturated heterocycles. The SMILES string of the molecule is N#Cc1ccccc1N1CCC(CNC=O)CC1. The van der Waals surface area contributed by atoms with Gasteiger partial charge in [0.2, 0.25) is 6.41 Å². The minimum Gasteiger partial charge on any atom is -0.370 e. The van der Waals surface area contributed by atoms with Crippen molar-refractivity contribution in [3.63, 3.8) is 0 Å². The largest absolute Gasteiger partial charge is 0.370 e. The number of nitrogens with one attached hydrogen (secondary N) is 1. The highest BCUT2D eigenvalue weighted by atomic mass is 16.1. The topological polar surface area (TPSA) is 56.1 Å². The molecule has 0 aliphatic carbocycles. The number of carbonyl (C=O) groups excluding carboxylic acids is 1. The van der Waals surface area contributed by atoms with Gasteiger partial charge in [-0.05, 0) is 30.9 Å². The zero-order valence-electron chi connectivity index (χ0n) is 10.3. The summed E-state index contributed by atoms with van der Waals surface area (Å²) < 4.78 is 0. The molecule has 1 N–H and O–H groups in total. The summed E-state index contributed by atoms with van der Waals surface area (Å²) in [6.45, 7) is 2.66. The first-order valence-electron chi connectivity index (χ1n) is 6.26. The van der Waals surface area contributed by atoms with E-state index in [2.05, 4.69) is 16.3 Å². The first-order valence-corrected chi connectivity index (χ1v) is 6.26. The van der Waals surface area contributed by atoms with E-state index in [1.54, 1.807) is 0 Å². The zero-order chi connectivity index (χ0) is 12.8. The molecule has 2 rings (SSSR count). The van der Waals surface area contributed by atoms with Crippen molar-refractivity contribution in [1.82, 2.24) is 5.32 Å². The maximum atomic E-state index is 10.3. The Kier molecular flexibility index (Phi) is 4.19. The summed E-state index contributed by atoms with van der Waals surface area (Å²) in [5.41, 5.74) is 1.77. The van der Waals surface area contributed by atoms with E-state index in [0.717, 1.165) is 50.1 Å². The number of piperidine rings is 1. The van der Waals surface area contributed by atoms with Gasteiger partial charge in [-0.1, -0.05) is 12.1 Å². The second kappa shape index (κ2) is 6.06. The van der Waals surface area contributed by atoms with Gasteiger partial charge in [-0.2, -0.15) is 5.26 Å². The predicted octanol–water partition coefficient (Wildman–Crippen LogP) is 1.52. The molecule has 0 atom stereocenters. The summed E-state index contributed by atoms with van der Waals surface area (Å²) in [5.74, 6) is 0.556. The summed E-state index contributed by atoms with van der Waals surface area (Å²) >= 11 is 0. The van der Waals surface area contributed by atoms with E-state index < -0.39 is 0 Å². The Hall–Kier alpha value is -2.02. The Morgan fingerprint density at radius 2 is 2.11 bits per heavy atom. The summed E-state index contributed by atoms with van der Waals surface area (Å²) in [6.07, 6.45) is 2.87. The molecule has 94 valence electrons. The normalized spacial score (nSPS) is 16.1. The van der Waals surface area contributed by atoms with E-state index in [0.29, 0.717) is 5.92 Å². The molecule has 1 amide bonds. The lowest BCUT2D eigenvalue weighted by Crippen LogP contribution is -2.37. The number of rotatable bonds is 4. The maximum Gasteiger partial charge on any atom is 0.207 e. The quantitative estimate of drug-likeness (QED) is 0.816. The van der Waals surface area contributed by atoms with Crippen molar-refractivity contribution in [1.29, 1.82) is 5.26 Å². The highest BCUT2D eigenvalue weighted by Crippen LogP contribution is 2.25. The molecular formula is C14H17N3O. The van der Waals surface area contributed by atoms with E-state index >= 15 is 0 Å². The van der Waals surface area contributed by atoms with Crippen LogP contribution in [0.3, 0.4) is 0 Å². The van der Waals surface area contributed by atoms with Crippen LogP contribution in [0.1, 0.15) is 18.4 Å². The molecule has 0 unspecified atom stereocenters. The smallest absolute Gasteiger partial charge is 0.207 e. The molecule has 1 heterocycles. The van der Waals surface area contributed by atoms with Gasteiger partial charge >= 0.3 is 0 Å². The molecule has 0 bridgehead atoms. The summed E-state index contributed by atoms with van der Waals surface area (Å²) in [6, 6.07) is 9.96. The molecule has 4 nitrogen and oxygen atoms in total. The number of nitriles is 1. The Bertz CT molecular complexity index is 445. The van der Waals surface area contributed by atoms with Crippen LogP contribution in [0.4, 0.5) is 5.69 Å². The fraction of sp³-hybridized carbons (Fsp3) is 0.429. The summed E-state index contributed by atoms with van der Waals surface area (Å²) in [5, 5.41) is 11.8. The third kappa shape index (κ3) is 2.80. The van der Waals surface area contributed by atoms with Crippen LogP contribution in [0.25, 0.3) is 0 Å². The second-order valence-corrected chi connectivity index (χ2v) is 4.59. The van der Waals surface area contributed by atoms with Crippen molar-refractivity contribution >= 4 is 12.1 Å². The second-order valence-electron chi connectivity index (χ2n) is 4.59. The first kappa shape index (κ1) is 12.4. The Labute approximate surface area is 107 Å². The highest BCUT2D eigenvalue weighted by molar-refractivity contribution is 5.59. The van der Waals surface area contributed by atoms with E-state index in [1.807, 2.05) is 24.3 Å². The van der Waals surface area contributed by atoms with Gasteiger partial charge in [0.05, 0.1) is 11.3 Å². The van der Waals surface area contributed by atoms with Crippen molar-refractivity contribution in [3.8, 4) is 6.07 Å². The minimum absolute atomic E-state index is 0.556. The van der Waals surface area contributed by atoms with E-state index in [4.69, 9.17) is 5.26 Å². The molecule has 1 aromatic carbocycles. The summed E-state index contributed by atoms with van der Waals surface area (Å²) in [4.78, 5) is 12.5. The Balaban J connectivity index is 1.97. The van der Waals surface area contributed by atoms with Crippen molar-refractivity contribution in [2.45, 2.75) is 12.8 Å². The molecule has 0 saturated carbocycles. The minimum atomic E-state index is 0.556. The average molecular weight is 243 g/mol. The Morgan fingerprint density at radius 1 is 1.39 bits per heavy atom. The van der Waals surface area contributed by atoms with Crippen molar-refractivity contribution in [2.24, 2.45) is 5.92 Å². The van der Waals surface area contributed by atoms with Crippen molar-refractivity contribution in [2.75, 3.05) is 24.5 Å². The lowest BCUT2D eigenvalue weighted by atomic mass is 9.96. The first-order chi connectivity index (χ1) is 8.85. The maximum absolute atomic E-state index is 10.3. The van der Waals surface area contributed by atoms with E-state index in [9.17, 15) is 4.79 Å². The van der Waals surface area contributed by atoms with Gasteiger partial charge in [0.1, 0.15) is 6.07 Å². The third-order valence-electron chi connectivity index (χ3n) is 3.47.